The van der Waals surface area contributed by atoms with Crippen LogP contribution in [-0.2, 0) is 6.61 Å². The topological polar surface area (TPSA) is 69.2 Å². The molecule has 0 bridgehead atoms. The molecule has 4 aromatic rings. The van der Waals surface area contributed by atoms with Crippen molar-refractivity contribution in [2.75, 3.05) is 19.8 Å². The lowest BCUT2D eigenvalue weighted by molar-refractivity contribution is 0.196. The van der Waals surface area contributed by atoms with Crippen LogP contribution < -0.4 is 10.5 Å². The molecule has 0 saturated heterocycles. The Bertz CT molecular complexity index is 1270. The van der Waals surface area contributed by atoms with Gasteiger partial charge in [-0.05, 0) is 70.0 Å². The highest BCUT2D eigenvalue weighted by atomic mass is 16.5. The number of hydrogen-bond acceptors (Lipinski definition) is 5. The van der Waals surface area contributed by atoms with Crippen molar-refractivity contribution in [1.82, 2.24) is 19.4 Å². The fourth-order valence-corrected chi connectivity index (χ4v) is 5.39. The van der Waals surface area contributed by atoms with Crippen LogP contribution in [0.3, 0.4) is 0 Å². The van der Waals surface area contributed by atoms with Crippen molar-refractivity contribution in [1.29, 1.82) is 0 Å². The lowest BCUT2D eigenvalue weighted by Crippen LogP contribution is -2.33. The molecule has 34 heavy (non-hydrogen) atoms. The number of benzene rings is 2. The van der Waals surface area contributed by atoms with E-state index in [1.807, 2.05) is 30.3 Å². The van der Waals surface area contributed by atoms with Crippen LogP contribution in [-0.4, -0.2) is 39.6 Å². The van der Waals surface area contributed by atoms with E-state index in [1.165, 1.54) is 18.5 Å². The minimum absolute atomic E-state index is 0.416. The quantitative estimate of drug-likeness (QED) is 0.409. The van der Waals surface area contributed by atoms with Crippen LogP contribution in [0.4, 0.5) is 5.82 Å². The molecule has 2 N–H and O–H groups in total. The molecule has 176 valence electrons. The van der Waals surface area contributed by atoms with E-state index in [0.717, 1.165) is 46.3 Å². The normalized spacial score (nSPS) is 18.5. The molecule has 0 unspecified atom stereocenters. The fourth-order valence-electron chi connectivity index (χ4n) is 5.39. The predicted octanol–water partition coefficient (Wildman–Crippen LogP) is 5.61. The number of rotatable bonds is 6. The summed E-state index contributed by atoms with van der Waals surface area (Å²) < 4.78 is 8.53. The number of hydrogen-bond donors (Lipinski definition) is 1. The second-order valence-corrected chi connectivity index (χ2v) is 9.52. The van der Waals surface area contributed by atoms with E-state index in [9.17, 15) is 0 Å². The lowest BCUT2D eigenvalue weighted by atomic mass is 9.90. The van der Waals surface area contributed by atoms with Gasteiger partial charge in [0.2, 0.25) is 0 Å². The van der Waals surface area contributed by atoms with Gasteiger partial charge >= 0.3 is 0 Å². The first-order chi connectivity index (χ1) is 16.5. The van der Waals surface area contributed by atoms with Gasteiger partial charge in [0.15, 0.2) is 0 Å². The first-order valence-corrected chi connectivity index (χ1v) is 12.1. The molecule has 1 fully saturated rings. The number of aromatic nitrogens is 3. The second kappa shape index (κ2) is 9.47. The lowest BCUT2D eigenvalue weighted by Gasteiger charge is -2.34. The van der Waals surface area contributed by atoms with Crippen LogP contribution >= 0.6 is 0 Å². The molecule has 0 atom stereocenters. The maximum Gasteiger partial charge on any atom is 0.146 e. The third kappa shape index (κ3) is 4.26. The highest BCUT2D eigenvalue weighted by molar-refractivity contribution is 6.02. The van der Waals surface area contributed by atoms with Gasteiger partial charge in [-0.25, -0.2) is 9.97 Å². The van der Waals surface area contributed by atoms with Crippen molar-refractivity contribution in [2.24, 2.45) is 0 Å². The highest BCUT2D eigenvalue weighted by Gasteiger charge is 2.28. The third-order valence-electron chi connectivity index (χ3n) is 7.19. The van der Waals surface area contributed by atoms with Gasteiger partial charge in [0, 0.05) is 23.3 Å². The van der Waals surface area contributed by atoms with Crippen LogP contribution in [0.5, 0.6) is 5.75 Å². The van der Waals surface area contributed by atoms with E-state index in [-0.39, 0.29) is 0 Å². The van der Waals surface area contributed by atoms with Crippen molar-refractivity contribution < 1.29 is 4.74 Å². The molecule has 2 heterocycles. The van der Waals surface area contributed by atoms with Gasteiger partial charge in [-0.2, -0.15) is 0 Å². The predicted molar refractivity (Wildman–Crippen MR) is 138 cm³/mol. The summed E-state index contributed by atoms with van der Waals surface area (Å²) in [6, 6.07) is 19.6. The van der Waals surface area contributed by atoms with Gasteiger partial charge < -0.3 is 19.9 Å². The molecule has 0 radical (unpaired) electrons. The zero-order chi connectivity index (χ0) is 23.7. The molecular weight excluding hydrogens is 422 g/mol. The van der Waals surface area contributed by atoms with Gasteiger partial charge in [-0.3, -0.25) is 0 Å². The molecule has 0 aliphatic heterocycles. The van der Waals surface area contributed by atoms with Crippen molar-refractivity contribution in [3.63, 3.8) is 0 Å². The summed E-state index contributed by atoms with van der Waals surface area (Å²) in [5.74, 6) is 1.36. The van der Waals surface area contributed by atoms with Gasteiger partial charge in [0.25, 0.3) is 0 Å². The van der Waals surface area contributed by atoms with Crippen molar-refractivity contribution >= 4 is 16.9 Å². The SMILES string of the molecule is Cc1c(-c2cccc(OCc3ccccc3)c2)c2c(N)ncnc2n1[C@H]1CC[C@H](N(C)C)CC1. The Morgan fingerprint density at radius 2 is 1.76 bits per heavy atom. The molecule has 5 rings (SSSR count). The van der Waals surface area contributed by atoms with E-state index in [4.69, 9.17) is 15.5 Å². The van der Waals surface area contributed by atoms with Crippen molar-refractivity contribution in [3.05, 3.63) is 72.2 Å². The average Bonchev–Trinajstić information content (AvgIpc) is 3.16. The molecule has 2 aromatic heterocycles. The van der Waals surface area contributed by atoms with Crippen molar-refractivity contribution in [2.45, 2.75) is 51.3 Å². The van der Waals surface area contributed by atoms with Crippen LogP contribution in [0.1, 0.15) is 43.0 Å². The van der Waals surface area contributed by atoms with E-state index in [2.05, 4.69) is 59.7 Å². The zero-order valence-corrected chi connectivity index (χ0v) is 20.2. The van der Waals surface area contributed by atoms with Crippen molar-refractivity contribution in [3.8, 4) is 16.9 Å². The van der Waals surface area contributed by atoms with Gasteiger partial charge in [-0.1, -0.05) is 42.5 Å². The summed E-state index contributed by atoms with van der Waals surface area (Å²) in [7, 11) is 4.36. The van der Waals surface area contributed by atoms with Crippen LogP contribution in [0.2, 0.25) is 0 Å². The summed E-state index contributed by atoms with van der Waals surface area (Å²) in [6.45, 7) is 2.72. The zero-order valence-electron chi connectivity index (χ0n) is 20.2. The minimum atomic E-state index is 0.416. The Labute approximate surface area is 201 Å². The summed E-state index contributed by atoms with van der Waals surface area (Å²) >= 11 is 0. The first kappa shape index (κ1) is 22.4. The van der Waals surface area contributed by atoms with E-state index < -0.39 is 0 Å². The molecular formula is C28H33N5O. The number of anilines is 1. The Morgan fingerprint density at radius 3 is 2.50 bits per heavy atom. The van der Waals surface area contributed by atoms with E-state index in [0.29, 0.717) is 24.5 Å². The monoisotopic (exact) mass is 455 g/mol. The number of nitrogens with two attached hydrogens (primary N) is 1. The Morgan fingerprint density at radius 1 is 1.00 bits per heavy atom. The fraction of sp³-hybridized carbons (Fsp3) is 0.357. The van der Waals surface area contributed by atoms with Gasteiger partial charge in [0.05, 0.1) is 5.39 Å². The van der Waals surface area contributed by atoms with E-state index in [1.54, 1.807) is 6.33 Å². The Hall–Kier alpha value is -3.38. The largest absolute Gasteiger partial charge is 0.489 e. The van der Waals surface area contributed by atoms with Crippen LogP contribution in [0.25, 0.3) is 22.2 Å². The molecule has 0 amide bonds. The van der Waals surface area contributed by atoms with Crippen LogP contribution in [0, 0.1) is 6.92 Å². The summed E-state index contributed by atoms with van der Waals surface area (Å²) in [6.07, 6.45) is 6.24. The Kier molecular flexibility index (Phi) is 6.24. The summed E-state index contributed by atoms with van der Waals surface area (Å²) in [4.78, 5) is 11.4. The Balaban J connectivity index is 1.51. The highest BCUT2D eigenvalue weighted by Crippen LogP contribution is 2.42. The summed E-state index contributed by atoms with van der Waals surface area (Å²) in [5.41, 5.74) is 11.9. The first-order valence-electron chi connectivity index (χ1n) is 12.1. The van der Waals surface area contributed by atoms with Gasteiger partial charge in [-0.15, -0.1) is 0 Å². The number of fused-ring (bicyclic) bond motifs is 1. The second-order valence-electron chi connectivity index (χ2n) is 9.52. The number of nitrogen functional groups attached to an aromatic ring is 1. The molecule has 2 aromatic carbocycles. The molecule has 0 spiro atoms. The number of nitrogens with zero attached hydrogens (tertiary/aromatic N) is 4. The summed E-state index contributed by atoms with van der Waals surface area (Å²) in [5, 5.41) is 0.940. The minimum Gasteiger partial charge on any atom is -0.489 e. The maximum absolute atomic E-state index is 6.44. The molecule has 1 aliphatic carbocycles. The smallest absolute Gasteiger partial charge is 0.146 e. The maximum atomic E-state index is 6.44. The molecule has 1 saturated carbocycles. The molecule has 6 nitrogen and oxygen atoms in total. The average molecular weight is 456 g/mol. The third-order valence-corrected chi connectivity index (χ3v) is 7.19. The molecule has 6 heteroatoms. The number of ether oxygens (including phenoxy) is 1. The van der Waals surface area contributed by atoms with Gasteiger partial charge in [0.1, 0.15) is 30.1 Å². The van der Waals surface area contributed by atoms with Crippen LogP contribution in [0.15, 0.2) is 60.9 Å². The molecule has 1 aliphatic rings. The standard InChI is InChI=1S/C28H33N5O/c1-19-25(21-10-7-11-24(16-21)34-17-20-8-5-4-6-9-20)26-27(29)30-18-31-28(26)33(19)23-14-12-22(13-15-23)32(2)3/h4-11,16,18,22-23H,12-15,17H2,1-3H3,(H2,29,30,31)/t22-,23-. The van der Waals surface area contributed by atoms with E-state index >= 15 is 0 Å².